The molecule has 0 fully saturated rings. The summed E-state index contributed by atoms with van der Waals surface area (Å²) < 4.78 is 12.3. The van der Waals surface area contributed by atoms with Crippen LogP contribution in [0.2, 0.25) is 0 Å². The van der Waals surface area contributed by atoms with Crippen molar-refractivity contribution in [2.45, 2.75) is 45.8 Å². The monoisotopic (exact) mass is 466 g/mol. The minimum absolute atomic E-state index is 0.281. The summed E-state index contributed by atoms with van der Waals surface area (Å²) in [5, 5.41) is 22.9. The molecule has 0 saturated heterocycles. The van der Waals surface area contributed by atoms with E-state index in [-0.39, 0.29) is 5.91 Å². The van der Waals surface area contributed by atoms with Gasteiger partial charge in [0.1, 0.15) is 11.5 Å². The van der Waals surface area contributed by atoms with Gasteiger partial charge in [-0.05, 0) is 82.3 Å². The topological polar surface area (TPSA) is 128 Å². The fourth-order valence-electron chi connectivity index (χ4n) is 3.03. The molecule has 1 heterocycles. The number of carboxylic acids is 2. The van der Waals surface area contributed by atoms with Gasteiger partial charge >= 0.3 is 11.9 Å². The first-order valence-corrected chi connectivity index (χ1v) is 10.5. The van der Waals surface area contributed by atoms with E-state index in [1.165, 1.54) is 39.3 Å². The molecule has 9 nitrogen and oxygen atoms in total. The molecular formula is C25H26N2O7. The van der Waals surface area contributed by atoms with E-state index in [1.54, 1.807) is 54.6 Å². The largest absolute Gasteiger partial charge is 0.478 e. The fourth-order valence-corrected chi connectivity index (χ4v) is 3.03. The maximum Gasteiger partial charge on any atom is 0.347 e. The van der Waals surface area contributed by atoms with Crippen LogP contribution in [-0.2, 0) is 9.59 Å². The standard InChI is InChI=1S/C25H26N2O7/c1-15(28)27-21(17-8-12-19(13-9-17)34-25(4,5)23(31)32)14-20(26-27)16-6-10-18(11-7-16)33-24(2,3)22(29)30/h6-14H,1-5H3,(H,29,30)(H,31,32). The Morgan fingerprint density at radius 2 is 1.18 bits per heavy atom. The van der Waals surface area contributed by atoms with Crippen LogP contribution in [0.1, 0.15) is 39.4 Å². The van der Waals surface area contributed by atoms with Gasteiger partial charge in [-0.15, -0.1) is 0 Å². The van der Waals surface area contributed by atoms with Crippen LogP contribution in [0.5, 0.6) is 11.5 Å². The minimum atomic E-state index is -1.38. The number of hydrogen-bond acceptors (Lipinski definition) is 6. The van der Waals surface area contributed by atoms with E-state index in [1.807, 2.05) is 0 Å². The minimum Gasteiger partial charge on any atom is -0.478 e. The van der Waals surface area contributed by atoms with Gasteiger partial charge in [0.2, 0.25) is 5.91 Å². The van der Waals surface area contributed by atoms with Gasteiger partial charge in [-0.2, -0.15) is 9.78 Å². The predicted octanol–water partition coefficient (Wildman–Crippen LogP) is 4.36. The number of carbonyl (C=O) groups excluding carboxylic acids is 1. The molecule has 2 aromatic carbocycles. The predicted molar refractivity (Wildman–Crippen MR) is 124 cm³/mol. The molecule has 178 valence electrons. The van der Waals surface area contributed by atoms with E-state index in [0.29, 0.717) is 34.0 Å². The lowest BCUT2D eigenvalue weighted by Crippen LogP contribution is -2.37. The number of carbonyl (C=O) groups is 3. The van der Waals surface area contributed by atoms with Crippen LogP contribution < -0.4 is 9.47 Å². The number of aromatic nitrogens is 2. The van der Waals surface area contributed by atoms with Crippen molar-refractivity contribution in [1.29, 1.82) is 0 Å². The normalized spacial score (nSPS) is 11.7. The van der Waals surface area contributed by atoms with Crippen molar-refractivity contribution in [3.8, 4) is 34.0 Å². The zero-order chi connectivity index (χ0) is 25.3. The first-order valence-electron chi connectivity index (χ1n) is 10.5. The highest BCUT2D eigenvalue weighted by Crippen LogP contribution is 2.30. The maximum atomic E-state index is 12.2. The van der Waals surface area contributed by atoms with Crippen molar-refractivity contribution in [1.82, 2.24) is 9.78 Å². The van der Waals surface area contributed by atoms with E-state index >= 15 is 0 Å². The lowest BCUT2D eigenvalue weighted by molar-refractivity contribution is -0.152. The molecule has 2 N–H and O–H groups in total. The van der Waals surface area contributed by atoms with Gasteiger partial charge in [0.15, 0.2) is 11.2 Å². The Labute approximate surface area is 196 Å². The molecule has 9 heteroatoms. The first kappa shape index (κ1) is 24.5. The molecule has 0 spiro atoms. The van der Waals surface area contributed by atoms with Crippen LogP contribution in [0.4, 0.5) is 0 Å². The number of aliphatic carboxylic acids is 2. The third-order valence-electron chi connectivity index (χ3n) is 5.08. The summed E-state index contributed by atoms with van der Waals surface area (Å²) in [6, 6.07) is 15.2. The fraction of sp³-hybridized carbons (Fsp3) is 0.280. The van der Waals surface area contributed by atoms with Crippen molar-refractivity contribution < 1.29 is 34.1 Å². The molecule has 0 bridgehead atoms. The van der Waals surface area contributed by atoms with E-state index in [9.17, 15) is 24.6 Å². The second-order valence-corrected chi connectivity index (χ2v) is 8.73. The molecule has 0 aliphatic rings. The van der Waals surface area contributed by atoms with Crippen LogP contribution in [0.3, 0.4) is 0 Å². The molecule has 0 amide bonds. The average molecular weight is 466 g/mol. The van der Waals surface area contributed by atoms with Gasteiger partial charge in [-0.3, -0.25) is 4.79 Å². The Bertz CT molecular complexity index is 1220. The molecule has 1 aromatic heterocycles. The highest BCUT2D eigenvalue weighted by Gasteiger charge is 2.30. The molecular weight excluding hydrogens is 440 g/mol. The Hall–Kier alpha value is -4.14. The second-order valence-electron chi connectivity index (χ2n) is 8.73. The second kappa shape index (κ2) is 9.01. The highest BCUT2D eigenvalue weighted by molar-refractivity contribution is 5.83. The summed E-state index contributed by atoms with van der Waals surface area (Å²) in [4.78, 5) is 34.8. The Kier molecular flexibility index (Phi) is 6.49. The van der Waals surface area contributed by atoms with E-state index in [0.717, 1.165) is 0 Å². The molecule has 0 radical (unpaired) electrons. The zero-order valence-electron chi connectivity index (χ0n) is 19.5. The summed E-state index contributed by atoms with van der Waals surface area (Å²) in [7, 11) is 0. The lowest BCUT2D eigenvalue weighted by Gasteiger charge is -2.21. The molecule has 0 atom stereocenters. The molecule has 0 saturated carbocycles. The van der Waals surface area contributed by atoms with Gasteiger partial charge in [-0.25, -0.2) is 9.59 Å². The first-order chi connectivity index (χ1) is 15.8. The van der Waals surface area contributed by atoms with E-state index in [4.69, 9.17) is 9.47 Å². The number of rotatable bonds is 8. The van der Waals surface area contributed by atoms with Crippen LogP contribution >= 0.6 is 0 Å². The Morgan fingerprint density at radius 1 is 0.765 bits per heavy atom. The third-order valence-corrected chi connectivity index (χ3v) is 5.08. The zero-order valence-corrected chi connectivity index (χ0v) is 19.5. The summed E-state index contributed by atoms with van der Waals surface area (Å²) in [5.41, 5.74) is -0.255. The van der Waals surface area contributed by atoms with Gasteiger partial charge in [0, 0.05) is 18.1 Å². The van der Waals surface area contributed by atoms with Crippen molar-refractivity contribution >= 4 is 17.8 Å². The van der Waals surface area contributed by atoms with Gasteiger partial charge < -0.3 is 19.7 Å². The van der Waals surface area contributed by atoms with Gasteiger partial charge in [-0.1, -0.05) is 0 Å². The summed E-state index contributed by atoms with van der Waals surface area (Å²) >= 11 is 0. The third kappa shape index (κ3) is 5.25. The molecule has 0 aliphatic heterocycles. The number of benzene rings is 2. The van der Waals surface area contributed by atoms with E-state index < -0.39 is 23.1 Å². The number of hydrogen-bond donors (Lipinski definition) is 2. The number of nitrogens with zero attached hydrogens (tertiary/aromatic N) is 2. The van der Waals surface area contributed by atoms with E-state index in [2.05, 4.69) is 5.10 Å². The van der Waals surface area contributed by atoms with Gasteiger partial charge in [0.05, 0.1) is 11.4 Å². The number of ether oxygens (including phenoxy) is 2. The average Bonchev–Trinajstić information content (AvgIpc) is 3.20. The van der Waals surface area contributed by atoms with Crippen molar-refractivity contribution in [3.05, 3.63) is 54.6 Å². The van der Waals surface area contributed by atoms with Gasteiger partial charge in [0.25, 0.3) is 0 Å². The van der Waals surface area contributed by atoms with Crippen LogP contribution in [0.15, 0.2) is 54.6 Å². The lowest BCUT2D eigenvalue weighted by atomic mass is 10.1. The SMILES string of the molecule is CC(=O)n1nc(-c2ccc(OC(C)(C)C(=O)O)cc2)cc1-c1ccc(OC(C)(C)C(=O)O)cc1. The molecule has 0 aliphatic carbocycles. The summed E-state index contributed by atoms with van der Waals surface area (Å²) in [5.74, 6) is -1.67. The molecule has 34 heavy (non-hydrogen) atoms. The Morgan fingerprint density at radius 3 is 1.56 bits per heavy atom. The van der Waals surface area contributed by atoms with Crippen LogP contribution in [-0.4, -0.2) is 49.0 Å². The molecule has 3 rings (SSSR count). The smallest absolute Gasteiger partial charge is 0.347 e. The van der Waals surface area contributed by atoms with Crippen molar-refractivity contribution in [2.24, 2.45) is 0 Å². The van der Waals surface area contributed by atoms with Crippen LogP contribution in [0.25, 0.3) is 22.5 Å². The van der Waals surface area contributed by atoms with Crippen molar-refractivity contribution in [2.75, 3.05) is 0 Å². The number of carboxylic acid groups (broad SMARTS) is 2. The summed E-state index contributed by atoms with van der Waals surface area (Å²) in [6.45, 7) is 7.24. The highest BCUT2D eigenvalue weighted by atomic mass is 16.5. The maximum absolute atomic E-state index is 12.2. The van der Waals surface area contributed by atoms with Crippen LogP contribution in [0, 0.1) is 0 Å². The van der Waals surface area contributed by atoms with Crippen molar-refractivity contribution in [3.63, 3.8) is 0 Å². The Balaban J connectivity index is 1.89. The molecule has 3 aromatic rings. The quantitative estimate of drug-likeness (QED) is 0.501. The molecule has 0 unspecified atom stereocenters. The summed E-state index contributed by atoms with van der Waals surface area (Å²) in [6.07, 6.45) is 0.